The van der Waals surface area contributed by atoms with Gasteiger partial charge in [0.2, 0.25) is 0 Å². The number of hydrogen-bond acceptors (Lipinski definition) is 5. The third-order valence-corrected chi connectivity index (χ3v) is 5.14. The lowest BCUT2D eigenvalue weighted by Gasteiger charge is -2.05. The van der Waals surface area contributed by atoms with Crippen molar-refractivity contribution in [3.8, 4) is 0 Å². The first-order valence-electron chi connectivity index (χ1n) is 5.28. The highest BCUT2D eigenvalue weighted by molar-refractivity contribution is 7.94. The van der Waals surface area contributed by atoms with Crippen molar-refractivity contribution in [2.45, 2.75) is 10.8 Å². The highest BCUT2D eigenvalue weighted by Crippen LogP contribution is 2.23. The number of hydrogen-bond donors (Lipinski definition) is 2. The van der Waals surface area contributed by atoms with Crippen molar-refractivity contribution in [3.05, 3.63) is 41.5 Å². The molecule has 5 nitrogen and oxygen atoms in total. The van der Waals surface area contributed by atoms with E-state index in [0.717, 1.165) is 4.88 Å². The summed E-state index contributed by atoms with van der Waals surface area (Å²) < 4.78 is 27.0. The van der Waals surface area contributed by atoms with Gasteiger partial charge in [0.25, 0.3) is 10.0 Å². The molecule has 0 unspecified atom stereocenters. The molecule has 0 amide bonds. The van der Waals surface area contributed by atoms with Gasteiger partial charge in [-0.15, -0.1) is 11.3 Å². The van der Waals surface area contributed by atoms with Crippen molar-refractivity contribution < 1.29 is 8.42 Å². The van der Waals surface area contributed by atoms with Gasteiger partial charge in [0.05, 0.1) is 5.69 Å². The number of pyridine rings is 1. The predicted octanol–water partition coefficient (Wildman–Crippen LogP) is 1.66. The van der Waals surface area contributed by atoms with Crippen LogP contribution < -0.4 is 10.0 Å². The Bertz CT molecular complexity index is 608. The van der Waals surface area contributed by atoms with Crippen LogP contribution in [0.3, 0.4) is 0 Å². The molecule has 0 aliphatic heterocycles. The van der Waals surface area contributed by atoms with Gasteiger partial charge >= 0.3 is 0 Å². The van der Waals surface area contributed by atoms with E-state index in [-0.39, 0.29) is 0 Å². The van der Waals surface area contributed by atoms with Crippen LogP contribution in [0, 0.1) is 0 Å². The third-order valence-electron chi connectivity index (χ3n) is 2.19. The van der Waals surface area contributed by atoms with Crippen molar-refractivity contribution in [1.82, 2.24) is 10.3 Å². The lowest BCUT2D eigenvalue weighted by molar-refractivity contribution is 0.603. The molecule has 0 aromatic carbocycles. The molecule has 96 valence electrons. The zero-order chi connectivity index (χ0) is 13.0. The molecule has 0 saturated heterocycles. The molecule has 2 rings (SSSR count). The minimum atomic E-state index is -3.50. The first kappa shape index (κ1) is 13.0. The molecule has 0 atom stereocenters. The van der Waals surface area contributed by atoms with Gasteiger partial charge in [-0.3, -0.25) is 9.71 Å². The van der Waals surface area contributed by atoms with Crippen molar-refractivity contribution >= 4 is 27.0 Å². The van der Waals surface area contributed by atoms with E-state index in [4.69, 9.17) is 0 Å². The van der Waals surface area contributed by atoms with Crippen LogP contribution in [0.15, 0.2) is 40.9 Å². The summed E-state index contributed by atoms with van der Waals surface area (Å²) in [6, 6.07) is 6.64. The number of anilines is 1. The van der Waals surface area contributed by atoms with Crippen LogP contribution in [0.5, 0.6) is 0 Å². The van der Waals surface area contributed by atoms with Gasteiger partial charge in [-0.05, 0) is 31.3 Å². The Hall–Kier alpha value is -1.44. The number of nitrogens with zero attached hydrogens (tertiary/aromatic N) is 1. The van der Waals surface area contributed by atoms with Gasteiger partial charge in [-0.25, -0.2) is 8.42 Å². The van der Waals surface area contributed by atoms with Crippen molar-refractivity contribution in [2.24, 2.45) is 0 Å². The second-order valence-corrected chi connectivity index (χ2v) is 6.67. The Morgan fingerprint density at radius 3 is 2.61 bits per heavy atom. The zero-order valence-electron chi connectivity index (χ0n) is 9.75. The number of sulfonamides is 1. The van der Waals surface area contributed by atoms with Crippen molar-refractivity contribution in [2.75, 3.05) is 11.8 Å². The van der Waals surface area contributed by atoms with E-state index in [1.807, 2.05) is 13.1 Å². The molecule has 0 aliphatic rings. The maximum Gasteiger partial charge on any atom is 0.271 e. The predicted molar refractivity (Wildman–Crippen MR) is 72.1 cm³/mol. The summed E-state index contributed by atoms with van der Waals surface area (Å²) in [6.45, 7) is 0.662. The molecule has 2 N–H and O–H groups in total. The van der Waals surface area contributed by atoms with E-state index in [1.54, 1.807) is 30.6 Å². The van der Waals surface area contributed by atoms with Crippen LogP contribution in [0.1, 0.15) is 4.88 Å². The van der Waals surface area contributed by atoms with E-state index in [9.17, 15) is 8.42 Å². The van der Waals surface area contributed by atoms with Gasteiger partial charge in [-0.1, -0.05) is 0 Å². The van der Waals surface area contributed by atoms with Gasteiger partial charge in [0.1, 0.15) is 4.21 Å². The van der Waals surface area contributed by atoms with E-state index in [0.29, 0.717) is 16.4 Å². The third kappa shape index (κ3) is 3.06. The maximum absolute atomic E-state index is 12.1. The van der Waals surface area contributed by atoms with E-state index >= 15 is 0 Å². The second kappa shape index (κ2) is 5.47. The molecule has 0 saturated carbocycles. The topological polar surface area (TPSA) is 71.1 Å². The average molecular weight is 283 g/mol. The van der Waals surface area contributed by atoms with Gasteiger partial charge < -0.3 is 5.32 Å². The lowest BCUT2D eigenvalue weighted by Crippen LogP contribution is -2.11. The van der Waals surface area contributed by atoms with Crippen LogP contribution in [0.25, 0.3) is 0 Å². The van der Waals surface area contributed by atoms with Gasteiger partial charge in [-0.2, -0.15) is 0 Å². The average Bonchev–Trinajstić information content (AvgIpc) is 2.80. The molecule has 0 aliphatic carbocycles. The Kier molecular flexibility index (Phi) is 3.95. The number of rotatable bonds is 5. The van der Waals surface area contributed by atoms with Crippen LogP contribution in [-0.2, 0) is 16.6 Å². The highest BCUT2D eigenvalue weighted by atomic mass is 32.2. The van der Waals surface area contributed by atoms with Crippen molar-refractivity contribution in [3.63, 3.8) is 0 Å². The molecular formula is C11H13N3O2S2. The van der Waals surface area contributed by atoms with Crippen LogP contribution >= 0.6 is 11.3 Å². The standard InChI is InChI=1S/C11H13N3O2S2/c1-12-8-10-2-3-11(17-10)18(15,16)14-9-4-6-13-7-5-9/h2-7,12H,8H2,1H3,(H,13,14). The minimum Gasteiger partial charge on any atom is -0.315 e. The fourth-order valence-corrected chi connectivity index (χ4v) is 3.82. The zero-order valence-corrected chi connectivity index (χ0v) is 11.4. The largest absolute Gasteiger partial charge is 0.315 e. The molecule has 18 heavy (non-hydrogen) atoms. The maximum atomic E-state index is 12.1. The first-order valence-corrected chi connectivity index (χ1v) is 7.58. The summed E-state index contributed by atoms with van der Waals surface area (Å²) in [5.41, 5.74) is 0.508. The molecule has 0 bridgehead atoms. The molecule has 2 aromatic rings. The number of aromatic nitrogens is 1. The van der Waals surface area contributed by atoms with Crippen molar-refractivity contribution in [1.29, 1.82) is 0 Å². The molecule has 2 heterocycles. The lowest BCUT2D eigenvalue weighted by atomic mass is 10.4. The Morgan fingerprint density at radius 2 is 1.94 bits per heavy atom. The van der Waals surface area contributed by atoms with Crippen LogP contribution in [-0.4, -0.2) is 20.4 Å². The monoisotopic (exact) mass is 283 g/mol. The molecule has 2 aromatic heterocycles. The Balaban J connectivity index is 2.20. The fourth-order valence-electron chi connectivity index (χ4n) is 1.40. The van der Waals surface area contributed by atoms with E-state index < -0.39 is 10.0 Å². The first-order chi connectivity index (χ1) is 8.62. The number of nitrogens with one attached hydrogen (secondary N) is 2. The smallest absolute Gasteiger partial charge is 0.271 e. The van der Waals surface area contributed by atoms with E-state index in [1.165, 1.54) is 11.3 Å². The van der Waals surface area contributed by atoms with Gasteiger partial charge in [0.15, 0.2) is 0 Å². The quantitative estimate of drug-likeness (QED) is 0.875. The summed E-state index contributed by atoms with van der Waals surface area (Å²) in [4.78, 5) is 4.82. The summed E-state index contributed by atoms with van der Waals surface area (Å²) in [5, 5.41) is 2.99. The molecule has 0 radical (unpaired) electrons. The molecule has 0 spiro atoms. The van der Waals surface area contributed by atoms with E-state index in [2.05, 4.69) is 15.0 Å². The summed E-state index contributed by atoms with van der Waals surface area (Å²) >= 11 is 1.26. The molecule has 7 heteroatoms. The SMILES string of the molecule is CNCc1ccc(S(=O)(=O)Nc2ccncc2)s1. The second-order valence-electron chi connectivity index (χ2n) is 3.59. The normalized spacial score (nSPS) is 11.4. The molecule has 0 fully saturated rings. The number of thiophene rings is 1. The minimum absolute atomic E-state index is 0.310. The Morgan fingerprint density at radius 1 is 1.22 bits per heavy atom. The Labute approximate surface area is 110 Å². The summed E-state index contributed by atoms with van der Waals surface area (Å²) in [6.07, 6.45) is 3.08. The highest BCUT2D eigenvalue weighted by Gasteiger charge is 2.16. The summed E-state index contributed by atoms with van der Waals surface area (Å²) in [5.74, 6) is 0. The summed E-state index contributed by atoms with van der Waals surface area (Å²) in [7, 11) is -1.68. The van der Waals surface area contributed by atoms with Crippen LogP contribution in [0.4, 0.5) is 5.69 Å². The van der Waals surface area contributed by atoms with Gasteiger partial charge in [0, 0.05) is 23.8 Å². The molecular weight excluding hydrogens is 270 g/mol. The van der Waals surface area contributed by atoms with Crippen LogP contribution in [0.2, 0.25) is 0 Å². The fraction of sp³-hybridized carbons (Fsp3) is 0.182.